The van der Waals surface area contributed by atoms with Crippen molar-refractivity contribution in [3.05, 3.63) is 107 Å². The van der Waals surface area contributed by atoms with E-state index in [1.54, 1.807) is 6.07 Å². The standard InChI is InChI=1S/C41H42FN7O5/c42-33-23-26(22-28-25-49(41(53)37(28)33)34-11-13-36(50)45-40(34)52)24-46-18-20-47(21-19-46)29-14-16-48(17-15-29)35-12-10-32(39(43)51)38(44-35)27-6-8-31(9-7-27)54-30-4-2-1-3-5-30/h1-10,12,22-23,29,34H,11,13-21,24-25H2,(H2,43,51)(H,45,50,52). The summed E-state index contributed by atoms with van der Waals surface area (Å²) in [6.45, 7) is 5.88. The first-order valence-electron chi connectivity index (χ1n) is 18.5. The van der Waals surface area contributed by atoms with Crippen LogP contribution in [-0.4, -0.2) is 94.7 Å². The number of carbonyl (C=O) groups excluding carboxylic acids is 4. The molecule has 4 aliphatic heterocycles. The molecule has 1 atom stereocenters. The lowest BCUT2D eigenvalue weighted by atomic mass is 10.0. The molecule has 0 spiro atoms. The van der Waals surface area contributed by atoms with Gasteiger partial charge >= 0.3 is 0 Å². The first kappa shape index (κ1) is 35.4. The van der Waals surface area contributed by atoms with Gasteiger partial charge in [-0.05, 0) is 85.0 Å². The van der Waals surface area contributed by atoms with Gasteiger partial charge in [0.15, 0.2) is 0 Å². The fourth-order valence-corrected chi connectivity index (χ4v) is 8.17. The third-order valence-electron chi connectivity index (χ3n) is 11.0. The number of imide groups is 1. The third kappa shape index (κ3) is 7.29. The number of nitrogens with two attached hydrogens (primary N) is 1. The molecular weight excluding hydrogens is 689 g/mol. The van der Waals surface area contributed by atoms with Gasteiger partial charge in [-0.15, -0.1) is 0 Å². The molecule has 0 aliphatic carbocycles. The first-order chi connectivity index (χ1) is 26.2. The number of aromatic nitrogens is 1. The van der Waals surface area contributed by atoms with Crippen LogP contribution in [0, 0.1) is 5.82 Å². The summed E-state index contributed by atoms with van der Waals surface area (Å²) in [4.78, 5) is 62.9. The molecule has 3 aromatic carbocycles. The van der Waals surface area contributed by atoms with Crippen molar-refractivity contribution in [3.8, 4) is 22.8 Å². The molecule has 4 amide bonds. The number of anilines is 1. The molecule has 5 heterocycles. The smallest absolute Gasteiger partial charge is 0.258 e. The Labute approximate surface area is 312 Å². The van der Waals surface area contributed by atoms with Crippen molar-refractivity contribution in [2.24, 2.45) is 5.73 Å². The Bertz CT molecular complexity index is 2080. The number of piperazine rings is 1. The van der Waals surface area contributed by atoms with E-state index < -0.39 is 29.6 Å². The molecule has 8 rings (SSSR count). The molecule has 1 unspecified atom stereocenters. The number of nitrogens with one attached hydrogen (secondary N) is 1. The minimum Gasteiger partial charge on any atom is -0.457 e. The predicted octanol–water partition coefficient (Wildman–Crippen LogP) is 4.33. The second kappa shape index (κ2) is 15.0. The molecule has 4 aliphatic rings. The summed E-state index contributed by atoms with van der Waals surface area (Å²) in [5.41, 5.74) is 8.87. The van der Waals surface area contributed by atoms with E-state index in [-0.39, 0.29) is 30.9 Å². The minimum absolute atomic E-state index is 0.0261. The van der Waals surface area contributed by atoms with Gasteiger partial charge in [-0.25, -0.2) is 9.37 Å². The number of rotatable bonds is 9. The van der Waals surface area contributed by atoms with E-state index in [0.717, 1.165) is 74.8 Å². The number of amides is 4. The highest BCUT2D eigenvalue weighted by Crippen LogP contribution is 2.32. The maximum atomic E-state index is 15.3. The van der Waals surface area contributed by atoms with Crippen LogP contribution in [0.1, 0.15) is 57.5 Å². The number of primary amides is 1. The monoisotopic (exact) mass is 731 g/mol. The second-order valence-electron chi connectivity index (χ2n) is 14.4. The molecule has 3 saturated heterocycles. The Hall–Kier alpha value is -5.66. The molecule has 1 aromatic heterocycles. The normalized spacial score (nSPS) is 19.9. The van der Waals surface area contributed by atoms with E-state index in [2.05, 4.69) is 20.0 Å². The number of carbonyl (C=O) groups is 4. The number of ether oxygens (including phenoxy) is 1. The molecule has 54 heavy (non-hydrogen) atoms. The number of para-hydroxylation sites is 1. The molecule has 0 saturated carbocycles. The molecule has 3 fully saturated rings. The van der Waals surface area contributed by atoms with Crippen molar-refractivity contribution in [3.63, 3.8) is 0 Å². The lowest BCUT2D eigenvalue weighted by Gasteiger charge is -2.43. The van der Waals surface area contributed by atoms with Gasteiger partial charge in [0.1, 0.15) is 29.2 Å². The Balaban J connectivity index is 0.852. The molecule has 278 valence electrons. The van der Waals surface area contributed by atoms with Crippen molar-refractivity contribution in [1.82, 2.24) is 25.0 Å². The summed E-state index contributed by atoms with van der Waals surface area (Å²) in [5, 5.41) is 2.29. The van der Waals surface area contributed by atoms with Crippen LogP contribution in [0.4, 0.5) is 10.2 Å². The zero-order valence-corrected chi connectivity index (χ0v) is 29.9. The topological polar surface area (TPSA) is 141 Å². The fraction of sp³-hybridized carbons (Fsp3) is 0.341. The van der Waals surface area contributed by atoms with E-state index >= 15 is 4.39 Å². The van der Waals surface area contributed by atoms with Crippen LogP contribution < -0.4 is 20.7 Å². The van der Waals surface area contributed by atoms with Crippen molar-refractivity contribution in [1.29, 1.82) is 0 Å². The van der Waals surface area contributed by atoms with Gasteiger partial charge in [0.2, 0.25) is 11.8 Å². The van der Waals surface area contributed by atoms with E-state index in [9.17, 15) is 19.2 Å². The van der Waals surface area contributed by atoms with Crippen LogP contribution >= 0.6 is 0 Å². The highest BCUT2D eigenvalue weighted by Gasteiger charge is 2.40. The lowest BCUT2D eigenvalue weighted by Crippen LogP contribution is -2.53. The summed E-state index contributed by atoms with van der Waals surface area (Å²) in [6, 6.07) is 23.7. The predicted molar refractivity (Wildman–Crippen MR) is 199 cm³/mol. The number of halogens is 1. The number of hydrogen-bond acceptors (Lipinski definition) is 9. The van der Waals surface area contributed by atoms with Gasteiger partial charge in [-0.2, -0.15) is 0 Å². The molecular formula is C41H42FN7O5. The van der Waals surface area contributed by atoms with Crippen LogP contribution in [0.15, 0.2) is 78.9 Å². The number of fused-ring (bicyclic) bond motifs is 1. The van der Waals surface area contributed by atoms with E-state index in [4.69, 9.17) is 15.5 Å². The summed E-state index contributed by atoms with van der Waals surface area (Å²) >= 11 is 0. The molecule has 0 bridgehead atoms. The largest absolute Gasteiger partial charge is 0.457 e. The van der Waals surface area contributed by atoms with Crippen LogP contribution in [0.5, 0.6) is 11.5 Å². The minimum atomic E-state index is -0.772. The zero-order valence-electron chi connectivity index (χ0n) is 29.9. The third-order valence-corrected chi connectivity index (χ3v) is 11.0. The Kier molecular flexibility index (Phi) is 9.82. The summed E-state index contributed by atoms with van der Waals surface area (Å²) in [5.74, 6) is -0.220. The summed E-state index contributed by atoms with van der Waals surface area (Å²) in [7, 11) is 0. The van der Waals surface area contributed by atoms with Crippen LogP contribution in [0.2, 0.25) is 0 Å². The first-order valence-corrected chi connectivity index (χ1v) is 18.5. The maximum Gasteiger partial charge on any atom is 0.258 e. The molecule has 3 N–H and O–H groups in total. The van der Waals surface area contributed by atoms with Crippen LogP contribution in [0.3, 0.4) is 0 Å². The number of benzene rings is 3. The number of hydrogen-bond donors (Lipinski definition) is 2. The van der Waals surface area contributed by atoms with Gasteiger partial charge in [0.25, 0.3) is 11.8 Å². The van der Waals surface area contributed by atoms with Crippen LogP contribution in [0.25, 0.3) is 11.3 Å². The molecule has 4 aromatic rings. The number of pyridine rings is 1. The molecule has 13 heteroatoms. The SMILES string of the molecule is NC(=O)c1ccc(N2CCC(N3CCN(Cc4cc(F)c5c(c4)CN(C4CCC(=O)NC4=O)C5=O)CC3)CC2)nc1-c1ccc(Oc2ccccc2)cc1. The van der Waals surface area contributed by atoms with Crippen LogP contribution in [-0.2, 0) is 22.7 Å². The summed E-state index contributed by atoms with van der Waals surface area (Å²) < 4.78 is 21.2. The van der Waals surface area contributed by atoms with Crippen molar-refractivity contribution in [2.45, 2.75) is 50.9 Å². The number of nitrogens with zero attached hydrogens (tertiary/aromatic N) is 5. The van der Waals surface area contributed by atoms with E-state index in [1.165, 1.54) is 11.0 Å². The van der Waals surface area contributed by atoms with Crippen molar-refractivity contribution in [2.75, 3.05) is 44.2 Å². The van der Waals surface area contributed by atoms with Gasteiger partial charge in [0.05, 0.1) is 16.8 Å². The van der Waals surface area contributed by atoms with Gasteiger partial charge in [-0.3, -0.25) is 34.3 Å². The van der Waals surface area contributed by atoms with Gasteiger partial charge in [0, 0.05) is 70.4 Å². The van der Waals surface area contributed by atoms with Gasteiger partial charge < -0.3 is 20.3 Å². The summed E-state index contributed by atoms with van der Waals surface area (Å²) in [6.07, 6.45) is 2.36. The highest BCUT2D eigenvalue weighted by molar-refractivity contribution is 6.05. The van der Waals surface area contributed by atoms with E-state index in [0.29, 0.717) is 35.2 Å². The Morgan fingerprint density at radius 2 is 1.59 bits per heavy atom. The molecule has 12 nitrogen and oxygen atoms in total. The Morgan fingerprint density at radius 3 is 2.30 bits per heavy atom. The molecule has 0 radical (unpaired) electrons. The van der Waals surface area contributed by atoms with Crippen molar-refractivity contribution >= 4 is 29.4 Å². The van der Waals surface area contributed by atoms with Gasteiger partial charge in [-0.1, -0.05) is 24.3 Å². The lowest BCUT2D eigenvalue weighted by molar-refractivity contribution is -0.136. The second-order valence-corrected chi connectivity index (χ2v) is 14.4. The zero-order chi connectivity index (χ0) is 37.3. The average molecular weight is 732 g/mol. The Morgan fingerprint density at radius 1 is 0.870 bits per heavy atom. The number of piperidine rings is 2. The highest BCUT2D eigenvalue weighted by atomic mass is 19.1. The maximum absolute atomic E-state index is 15.3. The average Bonchev–Trinajstić information content (AvgIpc) is 3.51. The quantitative estimate of drug-likeness (QED) is 0.241. The van der Waals surface area contributed by atoms with Crippen molar-refractivity contribution < 1.29 is 28.3 Å². The fourth-order valence-electron chi connectivity index (χ4n) is 8.17. The van der Waals surface area contributed by atoms with E-state index in [1.807, 2.05) is 66.7 Å².